The highest BCUT2D eigenvalue weighted by atomic mass is 35.5. The van der Waals surface area contributed by atoms with Crippen molar-refractivity contribution in [3.05, 3.63) is 74.5 Å². The number of anilines is 1. The SMILES string of the molecule is COC(=O)c1c(NC(=O)c2c(C)nc3cc(Cl)ccn23)sc(C)c1-c1ccc(C)c(C)c1. The highest BCUT2D eigenvalue weighted by Gasteiger charge is 2.27. The van der Waals surface area contributed by atoms with Gasteiger partial charge in [0.25, 0.3) is 5.91 Å². The van der Waals surface area contributed by atoms with Crippen molar-refractivity contribution in [1.82, 2.24) is 9.38 Å². The van der Waals surface area contributed by atoms with Crippen LogP contribution in [-0.2, 0) is 4.74 Å². The number of fused-ring (bicyclic) bond motifs is 1. The van der Waals surface area contributed by atoms with Gasteiger partial charge in [-0.15, -0.1) is 11.3 Å². The van der Waals surface area contributed by atoms with Gasteiger partial charge in [-0.3, -0.25) is 9.20 Å². The molecule has 0 aliphatic carbocycles. The number of aromatic nitrogens is 2. The summed E-state index contributed by atoms with van der Waals surface area (Å²) in [6.07, 6.45) is 1.70. The summed E-state index contributed by atoms with van der Waals surface area (Å²) in [5, 5.41) is 3.89. The van der Waals surface area contributed by atoms with E-state index >= 15 is 0 Å². The van der Waals surface area contributed by atoms with Crippen molar-refractivity contribution < 1.29 is 14.3 Å². The number of esters is 1. The summed E-state index contributed by atoms with van der Waals surface area (Å²) in [5.41, 5.74) is 5.82. The third-order valence-electron chi connectivity index (χ3n) is 5.47. The standard InChI is InChI=1S/C24H22ClN3O3S/c1-12-6-7-16(10-13(12)2)19-15(4)32-23(20(19)24(30)31-5)27-22(29)21-14(3)26-18-11-17(25)8-9-28(18)21/h6-11H,1-5H3,(H,27,29). The van der Waals surface area contributed by atoms with Crippen LogP contribution >= 0.6 is 22.9 Å². The Morgan fingerprint density at radius 2 is 1.84 bits per heavy atom. The van der Waals surface area contributed by atoms with Crippen LogP contribution < -0.4 is 5.32 Å². The van der Waals surface area contributed by atoms with Crippen LogP contribution in [0.15, 0.2) is 36.5 Å². The monoisotopic (exact) mass is 467 g/mol. The van der Waals surface area contributed by atoms with Gasteiger partial charge in [-0.25, -0.2) is 9.78 Å². The van der Waals surface area contributed by atoms with Gasteiger partial charge in [0.2, 0.25) is 0 Å². The molecule has 0 aliphatic rings. The van der Waals surface area contributed by atoms with E-state index in [1.54, 1.807) is 29.7 Å². The molecule has 6 nitrogen and oxygen atoms in total. The van der Waals surface area contributed by atoms with Crippen LogP contribution in [0.4, 0.5) is 5.00 Å². The van der Waals surface area contributed by atoms with Gasteiger partial charge >= 0.3 is 5.97 Å². The number of benzene rings is 1. The molecule has 0 atom stereocenters. The van der Waals surface area contributed by atoms with Crippen molar-refractivity contribution in [2.24, 2.45) is 0 Å². The van der Waals surface area contributed by atoms with Crippen molar-refractivity contribution >= 4 is 45.5 Å². The predicted molar refractivity (Wildman–Crippen MR) is 128 cm³/mol. The molecule has 1 N–H and O–H groups in total. The zero-order chi connectivity index (χ0) is 23.2. The minimum atomic E-state index is -0.500. The van der Waals surface area contributed by atoms with Crippen molar-refractivity contribution in [2.75, 3.05) is 12.4 Å². The number of rotatable bonds is 4. The second-order valence-corrected chi connectivity index (χ2v) is 9.26. The van der Waals surface area contributed by atoms with Crippen molar-refractivity contribution in [2.45, 2.75) is 27.7 Å². The molecular formula is C24H22ClN3O3S. The van der Waals surface area contributed by atoms with Crippen LogP contribution in [0.1, 0.15) is 42.5 Å². The first-order chi connectivity index (χ1) is 15.2. The third-order valence-corrected chi connectivity index (χ3v) is 6.73. The van der Waals surface area contributed by atoms with E-state index in [1.807, 2.05) is 39.0 Å². The van der Waals surface area contributed by atoms with Crippen LogP contribution in [0.5, 0.6) is 0 Å². The molecule has 3 aromatic heterocycles. The number of hydrogen-bond acceptors (Lipinski definition) is 5. The Hall–Kier alpha value is -3.16. The Morgan fingerprint density at radius 3 is 2.53 bits per heavy atom. The lowest BCUT2D eigenvalue weighted by Gasteiger charge is -2.10. The molecule has 4 aromatic rings. The van der Waals surface area contributed by atoms with E-state index in [1.165, 1.54) is 18.4 Å². The molecular weight excluding hydrogens is 446 g/mol. The quantitative estimate of drug-likeness (QED) is 0.374. The molecule has 3 heterocycles. The molecule has 0 bridgehead atoms. The molecule has 32 heavy (non-hydrogen) atoms. The number of imidazole rings is 1. The molecule has 4 rings (SSSR count). The zero-order valence-corrected chi connectivity index (χ0v) is 19.9. The fraction of sp³-hybridized carbons (Fsp3) is 0.208. The van der Waals surface area contributed by atoms with E-state index in [2.05, 4.69) is 10.3 Å². The van der Waals surface area contributed by atoms with Gasteiger partial charge in [0, 0.05) is 27.7 Å². The first-order valence-corrected chi connectivity index (χ1v) is 11.2. The molecule has 1 aromatic carbocycles. The number of nitrogens with zero attached hydrogens (tertiary/aromatic N) is 2. The van der Waals surface area contributed by atoms with Crippen molar-refractivity contribution in [1.29, 1.82) is 0 Å². The lowest BCUT2D eigenvalue weighted by atomic mass is 9.97. The fourth-order valence-electron chi connectivity index (χ4n) is 3.75. The summed E-state index contributed by atoms with van der Waals surface area (Å²) in [4.78, 5) is 31.4. The molecule has 0 saturated carbocycles. The summed E-state index contributed by atoms with van der Waals surface area (Å²) in [6, 6.07) is 9.43. The van der Waals surface area contributed by atoms with Gasteiger partial charge < -0.3 is 10.1 Å². The summed E-state index contributed by atoms with van der Waals surface area (Å²) < 4.78 is 6.75. The highest BCUT2D eigenvalue weighted by molar-refractivity contribution is 7.17. The Labute approximate surface area is 194 Å². The predicted octanol–water partition coefficient (Wildman–Crippen LogP) is 5.99. The maximum absolute atomic E-state index is 13.3. The number of aryl methyl sites for hydroxylation is 4. The molecule has 1 amide bonds. The van der Waals surface area contributed by atoms with E-state index in [0.717, 1.165) is 27.1 Å². The van der Waals surface area contributed by atoms with Crippen LogP contribution in [0, 0.1) is 27.7 Å². The zero-order valence-electron chi connectivity index (χ0n) is 18.4. The van der Waals surface area contributed by atoms with Crippen LogP contribution in [-0.4, -0.2) is 28.4 Å². The maximum atomic E-state index is 13.3. The lowest BCUT2D eigenvalue weighted by Crippen LogP contribution is -2.17. The number of methoxy groups -OCH3 is 1. The minimum Gasteiger partial charge on any atom is -0.465 e. The summed E-state index contributed by atoms with van der Waals surface area (Å²) in [6.45, 7) is 7.76. The average molecular weight is 468 g/mol. The van der Waals surface area contributed by atoms with E-state index in [0.29, 0.717) is 32.6 Å². The highest BCUT2D eigenvalue weighted by Crippen LogP contribution is 2.41. The van der Waals surface area contributed by atoms with E-state index in [9.17, 15) is 9.59 Å². The summed E-state index contributed by atoms with van der Waals surface area (Å²) in [5.74, 6) is -0.866. The first kappa shape index (κ1) is 22.0. The van der Waals surface area contributed by atoms with Gasteiger partial charge in [-0.05, 0) is 50.5 Å². The molecule has 8 heteroatoms. The Bertz CT molecular complexity index is 1390. The summed E-state index contributed by atoms with van der Waals surface area (Å²) >= 11 is 7.40. The van der Waals surface area contributed by atoms with E-state index < -0.39 is 5.97 Å². The third kappa shape index (κ3) is 3.78. The average Bonchev–Trinajstić information content (AvgIpc) is 3.24. The number of ether oxygens (including phenoxy) is 1. The lowest BCUT2D eigenvalue weighted by molar-refractivity contribution is 0.0603. The van der Waals surface area contributed by atoms with E-state index in [4.69, 9.17) is 16.3 Å². The number of halogens is 1. The molecule has 0 fully saturated rings. The molecule has 0 unspecified atom stereocenters. The van der Waals surface area contributed by atoms with Gasteiger partial charge in [0.05, 0.1) is 12.8 Å². The normalized spacial score (nSPS) is 11.1. The van der Waals surface area contributed by atoms with Crippen LogP contribution in [0.25, 0.3) is 16.8 Å². The Kier molecular flexibility index (Phi) is 5.79. The second kappa shape index (κ2) is 8.41. The molecule has 0 spiro atoms. The van der Waals surface area contributed by atoms with Gasteiger partial charge in [-0.1, -0.05) is 29.8 Å². The topological polar surface area (TPSA) is 72.7 Å². The summed E-state index contributed by atoms with van der Waals surface area (Å²) in [7, 11) is 1.34. The number of amides is 1. The minimum absolute atomic E-state index is 0.348. The Morgan fingerprint density at radius 1 is 1.09 bits per heavy atom. The number of nitrogens with one attached hydrogen (secondary N) is 1. The van der Waals surface area contributed by atoms with Gasteiger partial charge in [-0.2, -0.15) is 0 Å². The van der Waals surface area contributed by atoms with Crippen molar-refractivity contribution in [3.63, 3.8) is 0 Å². The maximum Gasteiger partial charge on any atom is 0.341 e. The molecule has 0 radical (unpaired) electrons. The molecule has 0 saturated heterocycles. The Balaban J connectivity index is 1.81. The molecule has 0 aliphatic heterocycles. The van der Waals surface area contributed by atoms with Crippen LogP contribution in [0.3, 0.4) is 0 Å². The number of carbonyl (C=O) groups excluding carboxylic acids is 2. The van der Waals surface area contributed by atoms with Gasteiger partial charge in [0.15, 0.2) is 0 Å². The van der Waals surface area contributed by atoms with Crippen LogP contribution in [0.2, 0.25) is 5.02 Å². The second-order valence-electron chi connectivity index (χ2n) is 7.60. The van der Waals surface area contributed by atoms with Gasteiger partial charge in [0.1, 0.15) is 21.9 Å². The number of pyridine rings is 1. The number of thiophene rings is 1. The fourth-order valence-corrected chi connectivity index (χ4v) is 4.96. The number of hydrogen-bond donors (Lipinski definition) is 1. The smallest absolute Gasteiger partial charge is 0.341 e. The molecule has 164 valence electrons. The largest absolute Gasteiger partial charge is 0.465 e. The van der Waals surface area contributed by atoms with E-state index in [-0.39, 0.29) is 5.91 Å². The number of carbonyl (C=O) groups is 2. The first-order valence-electron chi connectivity index (χ1n) is 9.96. The van der Waals surface area contributed by atoms with Crippen molar-refractivity contribution in [3.8, 4) is 11.1 Å².